The van der Waals surface area contributed by atoms with Crippen molar-refractivity contribution in [3.63, 3.8) is 0 Å². The third-order valence-corrected chi connectivity index (χ3v) is 1.31. The first kappa shape index (κ1) is 6.71. The van der Waals surface area contributed by atoms with Crippen molar-refractivity contribution < 1.29 is 4.92 Å². The van der Waals surface area contributed by atoms with Gasteiger partial charge in [-0.3, -0.25) is 10.1 Å². The molecular formula is C6H7N2O2+. The van der Waals surface area contributed by atoms with Crippen molar-refractivity contribution in [3.05, 3.63) is 22.3 Å². The molecule has 0 spiro atoms. The van der Waals surface area contributed by atoms with Gasteiger partial charge in [-0.1, -0.05) is 4.67 Å². The highest BCUT2D eigenvalue weighted by atomic mass is 16.6. The fourth-order valence-corrected chi connectivity index (χ4v) is 0.754. The standard InChI is InChI=1S/C6H7N2O2/c1-5-6(8(9)10)3-2-4-7-5/h2-4,6H,1H3/q+1. The molecule has 1 heterocycles. The Hall–Kier alpha value is -1.41. The molecule has 0 aromatic carbocycles. The Labute approximate surface area is 57.8 Å². The van der Waals surface area contributed by atoms with Crippen LogP contribution in [0.5, 0.6) is 0 Å². The van der Waals surface area contributed by atoms with Crippen molar-refractivity contribution >= 4 is 11.9 Å². The molecule has 52 valence electrons. The lowest BCUT2D eigenvalue weighted by Gasteiger charge is -1.94. The number of nitro groups is 1. The summed E-state index contributed by atoms with van der Waals surface area (Å²) in [6.45, 7) is 1.65. The smallest absolute Gasteiger partial charge is 0.263 e. The van der Waals surface area contributed by atoms with Gasteiger partial charge in [0.25, 0.3) is 6.21 Å². The fourth-order valence-electron chi connectivity index (χ4n) is 0.754. The number of rotatable bonds is 1. The molecule has 0 amide bonds. The van der Waals surface area contributed by atoms with Gasteiger partial charge in [0.05, 0.1) is 0 Å². The van der Waals surface area contributed by atoms with Crippen LogP contribution in [0.4, 0.5) is 0 Å². The fraction of sp³-hybridized carbons (Fsp3) is 0.333. The van der Waals surface area contributed by atoms with E-state index in [1.165, 1.54) is 6.08 Å². The first-order valence-electron chi connectivity index (χ1n) is 2.89. The van der Waals surface area contributed by atoms with Crippen LogP contribution in [0.15, 0.2) is 12.2 Å². The van der Waals surface area contributed by atoms with Crippen LogP contribution in [0.1, 0.15) is 6.92 Å². The lowest BCUT2D eigenvalue weighted by atomic mass is 10.2. The van der Waals surface area contributed by atoms with Gasteiger partial charge in [0.15, 0.2) is 0 Å². The first-order chi connectivity index (χ1) is 4.72. The van der Waals surface area contributed by atoms with E-state index in [4.69, 9.17) is 0 Å². The summed E-state index contributed by atoms with van der Waals surface area (Å²) in [5, 5.41) is 10.2. The van der Waals surface area contributed by atoms with Crippen molar-refractivity contribution in [2.24, 2.45) is 0 Å². The summed E-state index contributed by atoms with van der Waals surface area (Å²) >= 11 is 0. The summed E-state index contributed by atoms with van der Waals surface area (Å²) < 4.78 is 3.80. The van der Waals surface area contributed by atoms with E-state index >= 15 is 0 Å². The van der Waals surface area contributed by atoms with Crippen molar-refractivity contribution in [3.8, 4) is 0 Å². The van der Waals surface area contributed by atoms with Gasteiger partial charge in [0.2, 0.25) is 0 Å². The van der Waals surface area contributed by atoms with Crippen molar-refractivity contribution in [2.45, 2.75) is 13.0 Å². The number of hydrogen-bond acceptors (Lipinski definition) is 2. The van der Waals surface area contributed by atoms with Gasteiger partial charge in [0.1, 0.15) is 0 Å². The van der Waals surface area contributed by atoms with E-state index in [-0.39, 0.29) is 4.92 Å². The van der Waals surface area contributed by atoms with E-state index < -0.39 is 6.04 Å². The van der Waals surface area contributed by atoms with Gasteiger partial charge < -0.3 is 0 Å². The Morgan fingerprint density at radius 2 is 2.50 bits per heavy atom. The Morgan fingerprint density at radius 1 is 1.80 bits per heavy atom. The Bertz CT molecular complexity index is 248. The maximum atomic E-state index is 10.2. The van der Waals surface area contributed by atoms with Crippen LogP contribution < -0.4 is 4.67 Å². The molecule has 1 aliphatic heterocycles. The topological polar surface area (TPSA) is 57.2 Å². The monoisotopic (exact) mass is 139 g/mol. The predicted octanol–water partition coefficient (Wildman–Crippen LogP) is -0.200. The molecule has 1 aliphatic rings. The zero-order valence-electron chi connectivity index (χ0n) is 5.52. The molecule has 1 atom stereocenters. The molecular weight excluding hydrogens is 132 g/mol. The molecule has 4 nitrogen and oxygen atoms in total. The minimum absolute atomic E-state index is 0.359. The van der Waals surface area contributed by atoms with Gasteiger partial charge in [-0.2, -0.15) is 0 Å². The molecule has 4 heteroatoms. The lowest BCUT2D eigenvalue weighted by molar-refractivity contribution is -0.490. The van der Waals surface area contributed by atoms with Gasteiger partial charge in [-0.05, 0) is 0 Å². The van der Waals surface area contributed by atoms with Crippen molar-refractivity contribution in [1.29, 1.82) is 0 Å². The van der Waals surface area contributed by atoms with Crippen molar-refractivity contribution in [1.82, 2.24) is 4.67 Å². The van der Waals surface area contributed by atoms with Gasteiger partial charge >= 0.3 is 11.8 Å². The third kappa shape index (κ3) is 1.11. The zero-order chi connectivity index (χ0) is 7.56. The van der Waals surface area contributed by atoms with Crippen molar-refractivity contribution in [2.75, 3.05) is 0 Å². The molecule has 1 rings (SSSR count). The number of allylic oxidation sites excluding steroid dienone is 1. The summed E-state index contributed by atoms with van der Waals surface area (Å²) in [6.07, 6.45) is 4.65. The Kier molecular flexibility index (Phi) is 1.65. The van der Waals surface area contributed by atoms with Gasteiger partial charge in [-0.15, -0.1) is 0 Å². The normalized spacial score (nSPS) is 22.5. The molecule has 0 aromatic heterocycles. The quantitative estimate of drug-likeness (QED) is 0.287. The molecule has 0 saturated heterocycles. The summed E-state index contributed by atoms with van der Waals surface area (Å²) in [5.74, 6) is 0. The maximum Gasteiger partial charge on any atom is 0.354 e. The van der Waals surface area contributed by atoms with Crippen LogP contribution in [0.2, 0.25) is 0 Å². The van der Waals surface area contributed by atoms with E-state index in [1.807, 2.05) is 0 Å². The molecule has 0 N–H and O–H groups in total. The second-order valence-electron chi connectivity index (χ2n) is 2.03. The molecule has 1 unspecified atom stereocenters. The van der Waals surface area contributed by atoms with Crippen LogP contribution in [0.3, 0.4) is 0 Å². The molecule has 0 saturated carbocycles. The average molecular weight is 139 g/mol. The minimum Gasteiger partial charge on any atom is -0.263 e. The van der Waals surface area contributed by atoms with Crippen LogP contribution >= 0.6 is 0 Å². The summed E-state index contributed by atoms with van der Waals surface area (Å²) in [7, 11) is 0. The molecule has 0 bridgehead atoms. The minimum atomic E-state index is -0.718. The van der Waals surface area contributed by atoms with E-state index in [0.29, 0.717) is 5.71 Å². The van der Waals surface area contributed by atoms with Gasteiger partial charge in [0, 0.05) is 24.0 Å². The second kappa shape index (κ2) is 2.45. The summed E-state index contributed by atoms with van der Waals surface area (Å²) in [6, 6.07) is -0.718. The Morgan fingerprint density at radius 3 is 2.90 bits per heavy atom. The highest BCUT2D eigenvalue weighted by molar-refractivity contribution is 5.93. The van der Waals surface area contributed by atoms with E-state index in [1.54, 1.807) is 19.2 Å². The molecule has 0 aliphatic carbocycles. The van der Waals surface area contributed by atoms with Crippen LogP contribution in [0, 0.1) is 10.1 Å². The third-order valence-electron chi connectivity index (χ3n) is 1.31. The van der Waals surface area contributed by atoms with Crippen LogP contribution in [-0.4, -0.2) is 22.9 Å². The second-order valence-corrected chi connectivity index (χ2v) is 2.03. The molecule has 10 heavy (non-hydrogen) atoms. The summed E-state index contributed by atoms with van der Waals surface area (Å²) in [4.78, 5) is 9.87. The molecule has 0 radical (unpaired) electrons. The predicted molar refractivity (Wildman–Crippen MR) is 38.8 cm³/mol. The SMILES string of the molecule is CC1=[N+]=CC=CC1[N+](=O)[O-]. The Balaban J connectivity index is 2.92. The zero-order valence-corrected chi connectivity index (χ0v) is 5.52. The molecule has 0 fully saturated rings. The average Bonchev–Trinajstić information content (AvgIpc) is 1.88. The van der Waals surface area contributed by atoms with Crippen LogP contribution in [-0.2, 0) is 0 Å². The lowest BCUT2D eigenvalue weighted by Crippen LogP contribution is -2.28. The van der Waals surface area contributed by atoms with E-state index in [2.05, 4.69) is 4.67 Å². The van der Waals surface area contributed by atoms with Gasteiger partial charge in [-0.25, -0.2) is 0 Å². The first-order valence-corrected chi connectivity index (χ1v) is 2.89. The highest BCUT2D eigenvalue weighted by Crippen LogP contribution is 1.95. The number of hydrogen-bond donors (Lipinski definition) is 0. The highest BCUT2D eigenvalue weighted by Gasteiger charge is 2.29. The maximum absolute atomic E-state index is 10.2. The van der Waals surface area contributed by atoms with Crippen LogP contribution in [0.25, 0.3) is 0 Å². The number of nitrogens with zero attached hydrogens (tertiary/aromatic N) is 2. The molecule has 0 aromatic rings. The van der Waals surface area contributed by atoms with E-state index in [9.17, 15) is 10.1 Å². The summed E-state index contributed by atoms with van der Waals surface area (Å²) in [5.41, 5.74) is 0.535. The van der Waals surface area contributed by atoms with E-state index in [0.717, 1.165) is 0 Å². The largest absolute Gasteiger partial charge is 0.354 e.